The molecule has 0 saturated carbocycles. The minimum absolute atomic E-state index is 0.0328. The van der Waals surface area contributed by atoms with Gasteiger partial charge in [-0.2, -0.15) is 8.78 Å². The summed E-state index contributed by atoms with van der Waals surface area (Å²) in [4.78, 5) is 0. The number of unbranched alkanes of at least 4 members (excludes halogenated alkanes) is 2. The first-order chi connectivity index (χ1) is 21.7. The molecule has 0 radical (unpaired) electrons. The molecule has 0 bridgehead atoms. The molecule has 46 heavy (non-hydrogen) atoms. The van der Waals surface area contributed by atoms with Crippen molar-refractivity contribution in [1.29, 1.82) is 0 Å². The highest BCUT2D eigenvalue weighted by Gasteiger charge is 2.41. The molecule has 0 atom stereocenters. The summed E-state index contributed by atoms with van der Waals surface area (Å²) >= 11 is 0. The van der Waals surface area contributed by atoms with Gasteiger partial charge in [0.25, 0.3) is 0 Å². The predicted molar refractivity (Wildman–Crippen MR) is 145 cm³/mol. The van der Waals surface area contributed by atoms with Crippen molar-refractivity contribution in [2.45, 2.75) is 38.7 Å². The molecule has 238 valence electrons. The van der Waals surface area contributed by atoms with Gasteiger partial charge in [0.2, 0.25) is 0 Å². The van der Waals surface area contributed by atoms with E-state index in [1.54, 1.807) is 0 Å². The van der Waals surface area contributed by atoms with Crippen LogP contribution in [0.3, 0.4) is 0 Å². The molecule has 1 nitrogen and oxygen atoms in total. The van der Waals surface area contributed by atoms with E-state index in [1.165, 1.54) is 0 Å². The minimum atomic E-state index is -4.85. The van der Waals surface area contributed by atoms with E-state index in [2.05, 4.69) is 16.6 Å². The van der Waals surface area contributed by atoms with Crippen molar-refractivity contribution in [2.75, 3.05) is 0 Å². The normalized spacial score (nSPS) is 11.0. The number of rotatable bonds is 7. The average Bonchev–Trinajstić information content (AvgIpc) is 2.94. The van der Waals surface area contributed by atoms with Crippen LogP contribution in [0.25, 0.3) is 0 Å². The molecule has 0 fully saturated rings. The highest BCUT2D eigenvalue weighted by molar-refractivity contribution is 5.50. The van der Waals surface area contributed by atoms with Crippen LogP contribution >= 0.6 is 0 Å². The summed E-state index contributed by atoms with van der Waals surface area (Å²) in [7, 11) is 0. The topological polar surface area (TPSA) is 9.23 Å². The van der Waals surface area contributed by atoms with E-state index in [-0.39, 0.29) is 29.8 Å². The third-order valence-corrected chi connectivity index (χ3v) is 6.41. The summed E-state index contributed by atoms with van der Waals surface area (Å²) < 4.78 is 160. The molecule has 0 N–H and O–H groups in total. The van der Waals surface area contributed by atoms with Crippen LogP contribution in [0.1, 0.15) is 59.6 Å². The van der Waals surface area contributed by atoms with Crippen molar-refractivity contribution in [3.63, 3.8) is 0 Å². The van der Waals surface area contributed by atoms with Gasteiger partial charge >= 0.3 is 6.11 Å². The van der Waals surface area contributed by atoms with Gasteiger partial charge < -0.3 is 4.74 Å². The predicted octanol–water partition coefficient (Wildman–Crippen LogP) is 9.60. The molecular formula is C34H19F11O. The smallest absolute Gasteiger partial charge is 0.429 e. The van der Waals surface area contributed by atoms with Gasteiger partial charge in [0.15, 0.2) is 17.5 Å². The Balaban J connectivity index is 1.56. The Bertz CT molecular complexity index is 1840. The lowest BCUT2D eigenvalue weighted by atomic mass is 10.0. The van der Waals surface area contributed by atoms with Gasteiger partial charge in [0, 0.05) is 23.3 Å². The molecule has 0 saturated heterocycles. The third kappa shape index (κ3) is 7.81. The summed E-state index contributed by atoms with van der Waals surface area (Å²) in [6, 6.07) is 4.27. The SMILES string of the molecule is CCCCCc1cc(F)c(C#Cc2cc(F)c(C#Cc3cc(F)c(C(F)(F)Oc4cc(F)c(F)c(F)c4)c(F)c3)c(F)c2)c(F)c1. The van der Waals surface area contributed by atoms with Crippen molar-refractivity contribution in [1.82, 2.24) is 0 Å². The Morgan fingerprint density at radius 1 is 0.543 bits per heavy atom. The van der Waals surface area contributed by atoms with E-state index >= 15 is 0 Å². The molecule has 12 heteroatoms. The average molecular weight is 653 g/mol. The van der Waals surface area contributed by atoms with Gasteiger partial charge in [0.1, 0.15) is 46.2 Å². The largest absolute Gasteiger partial charge is 0.432 e. The van der Waals surface area contributed by atoms with Gasteiger partial charge in [-0.3, -0.25) is 0 Å². The lowest BCUT2D eigenvalue weighted by molar-refractivity contribution is -0.189. The third-order valence-electron chi connectivity index (χ3n) is 6.41. The van der Waals surface area contributed by atoms with E-state index in [9.17, 15) is 48.3 Å². The quantitative estimate of drug-likeness (QED) is 0.0837. The molecule has 0 aliphatic carbocycles. The van der Waals surface area contributed by atoms with Crippen molar-refractivity contribution in [2.24, 2.45) is 0 Å². The number of aryl methyl sites for hydroxylation is 1. The van der Waals surface area contributed by atoms with Crippen LogP contribution in [0.5, 0.6) is 5.75 Å². The zero-order chi connectivity index (χ0) is 33.8. The Morgan fingerprint density at radius 3 is 1.43 bits per heavy atom. The van der Waals surface area contributed by atoms with Crippen LogP contribution in [0.2, 0.25) is 0 Å². The maximum Gasteiger partial charge on any atom is 0.432 e. The van der Waals surface area contributed by atoms with Crippen molar-refractivity contribution in [3.05, 3.63) is 134 Å². The second-order valence-corrected chi connectivity index (χ2v) is 9.84. The summed E-state index contributed by atoms with van der Waals surface area (Å²) in [6.45, 7) is 1.98. The van der Waals surface area contributed by atoms with Gasteiger partial charge in [0.05, 0.1) is 11.1 Å². The number of alkyl halides is 2. The molecule has 0 aliphatic rings. The van der Waals surface area contributed by atoms with Gasteiger partial charge in [-0.1, -0.05) is 43.4 Å². The summed E-state index contributed by atoms with van der Waals surface area (Å²) in [6.07, 6.45) is -1.86. The number of hydrogen-bond acceptors (Lipinski definition) is 1. The van der Waals surface area contributed by atoms with E-state index < -0.39 is 86.5 Å². The fourth-order valence-electron chi connectivity index (χ4n) is 4.22. The van der Waals surface area contributed by atoms with Crippen LogP contribution < -0.4 is 4.74 Å². The standard InChI is InChI=1S/C34H19F11O/c1-2-3-4-5-18-10-24(35)22(25(36)11-18)8-6-19-12-26(37)23(27(38)13-19)9-7-20-14-28(39)32(29(40)15-20)34(44,45)46-21-16-30(41)33(43)31(42)17-21/h10-17H,2-5H2,1H3. The molecular weight excluding hydrogens is 633 g/mol. The lowest BCUT2D eigenvalue weighted by Gasteiger charge is -2.19. The van der Waals surface area contributed by atoms with Crippen LogP contribution in [0.4, 0.5) is 48.3 Å². The highest BCUT2D eigenvalue weighted by atomic mass is 19.3. The van der Waals surface area contributed by atoms with Crippen LogP contribution in [-0.2, 0) is 12.5 Å². The second kappa shape index (κ2) is 14.0. The molecule has 0 aliphatic heterocycles. The molecule has 0 heterocycles. The fraction of sp³-hybridized carbons (Fsp3) is 0.176. The van der Waals surface area contributed by atoms with E-state index in [4.69, 9.17) is 0 Å². The van der Waals surface area contributed by atoms with Gasteiger partial charge in [-0.05, 0) is 54.8 Å². The van der Waals surface area contributed by atoms with E-state index in [0.717, 1.165) is 31.4 Å². The van der Waals surface area contributed by atoms with Crippen molar-refractivity contribution < 1.29 is 53.0 Å². The molecule has 0 amide bonds. The monoisotopic (exact) mass is 652 g/mol. The Labute approximate surface area is 255 Å². The summed E-state index contributed by atoms with van der Waals surface area (Å²) in [5, 5.41) is 0. The molecule has 0 aromatic heterocycles. The number of ether oxygens (including phenoxy) is 1. The Hall–Kier alpha value is -4.97. The van der Waals surface area contributed by atoms with E-state index in [1.807, 2.05) is 18.8 Å². The van der Waals surface area contributed by atoms with Gasteiger partial charge in [-0.15, -0.1) is 0 Å². The first-order valence-electron chi connectivity index (χ1n) is 13.4. The fourth-order valence-corrected chi connectivity index (χ4v) is 4.22. The zero-order valence-electron chi connectivity index (χ0n) is 23.5. The minimum Gasteiger partial charge on any atom is -0.429 e. The molecule has 4 aromatic rings. The lowest BCUT2D eigenvalue weighted by Crippen LogP contribution is -2.25. The maximum atomic E-state index is 14.7. The maximum absolute atomic E-state index is 14.7. The van der Waals surface area contributed by atoms with Crippen LogP contribution in [-0.4, -0.2) is 0 Å². The molecule has 0 spiro atoms. The Kier molecular flexibility index (Phi) is 10.3. The molecule has 0 unspecified atom stereocenters. The van der Waals surface area contributed by atoms with Crippen molar-refractivity contribution >= 4 is 0 Å². The Morgan fingerprint density at radius 2 is 0.978 bits per heavy atom. The number of hydrogen-bond donors (Lipinski definition) is 0. The number of halogens is 11. The highest BCUT2D eigenvalue weighted by Crippen LogP contribution is 2.36. The first-order valence-corrected chi connectivity index (χ1v) is 13.4. The number of benzene rings is 4. The molecule has 4 rings (SSSR count). The zero-order valence-corrected chi connectivity index (χ0v) is 23.5. The first kappa shape index (κ1) is 33.9. The van der Waals surface area contributed by atoms with Crippen LogP contribution in [0, 0.1) is 76.0 Å². The summed E-state index contributed by atoms with van der Waals surface area (Å²) in [5.74, 6) is -7.03. The van der Waals surface area contributed by atoms with E-state index in [0.29, 0.717) is 24.1 Å². The summed E-state index contributed by atoms with van der Waals surface area (Å²) in [5.41, 5.74) is -4.05. The second-order valence-electron chi connectivity index (χ2n) is 9.84. The molecule has 4 aromatic carbocycles. The van der Waals surface area contributed by atoms with Crippen molar-refractivity contribution in [3.8, 4) is 29.4 Å². The van der Waals surface area contributed by atoms with Crippen LogP contribution in [0.15, 0.2) is 48.5 Å². The van der Waals surface area contributed by atoms with Gasteiger partial charge in [-0.25, -0.2) is 39.5 Å².